The van der Waals surface area contributed by atoms with E-state index in [0.29, 0.717) is 22.9 Å². The SMILES string of the molecule is CC.NC(=O)CCC(NC(=O)c1cc(NC[C@@H]2CC(S)CN2)ccc1-c1ccccc1)C(=O)O. The van der Waals surface area contributed by atoms with E-state index in [1.54, 1.807) is 6.07 Å². The standard InChI is InChI=1S/C23H28N4O4S.C2H6/c24-21(28)9-8-20(23(30)31)27-22(29)19-11-15(25-12-16-10-17(32)13-26-16)6-7-18(19)14-4-2-1-3-5-14;1-2/h1-7,11,16-17,20,25-26,32H,8-10,12-13H2,(H2,24,28)(H,27,29)(H,30,31);1-2H3/t16-,17?,20?;/m0./s1. The van der Waals surface area contributed by atoms with Gasteiger partial charge in [-0.1, -0.05) is 50.2 Å². The van der Waals surface area contributed by atoms with Crippen LogP contribution in [-0.2, 0) is 9.59 Å². The molecule has 1 saturated heterocycles. The van der Waals surface area contributed by atoms with Crippen LogP contribution in [0.4, 0.5) is 5.69 Å². The minimum atomic E-state index is -1.22. The van der Waals surface area contributed by atoms with Crippen LogP contribution in [0.15, 0.2) is 48.5 Å². The summed E-state index contributed by atoms with van der Waals surface area (Å²) in [5, 5.41) is 19.1. The van der Waals surface area contributed by atoms with Crippen LogP contribution in [0, 0.1) is 0 Å². The number of carbonyl (C=O) groups excluding carboxylic acids is 2. The molecule has 184 valence electrons. The van der Waals surface area contributed by atoms with E-state index in [0.717, 1.165) is 24.2 Å². The van der Waals surface area contributed by atoms with Crippen molar-refractivity contribution in [3.8, 4) is 11.1 Å². The molecular formula is C25H34N4O4S. The molecule has 2 amide bonds. The zero-order valence-corrected chi connectivity index (χ0v) is 20.5. The molecule has 0 radical (unpaired) electrons. The van der Waals surface area contributed by atoms with Crippen LogP contribution in [0.3, 0.4) is 0 Å². The molecule has 3 rings (SSSR count). The number of thiol groups is 1. The van der Waals surface area contributed by atoms with Gasteiger partial charge in [0.2, 0.25) is 5.91 Å². The van der Waals surface area contributed by atoms with Crippen molar-refractivity contribution in [1.82, 2.24) is 10.6 Å². The smallest absolute Gasteiger partial charge is 0.326 e. The molecule has 1 aliphatic heterocycles. The van der Waals surface area contributed by atoms with Gasteiger partial charge in [-0.25, -0.2) is 4.79 Å². The maximum Gasteiger partial charge on any atom is 0.326 e. The molecule has 0 spiro atoms. The van der Waals surface area contributed by atoms with Gasteiger partial charge in [-0.15, -0.1) is 0 Å². The second-order valence-corrected chi connectivity index (χ2v) is 8.60. The number of benzene rings is 2. The number of carboxylic acids is 1. The van der Waals surface area contributed by atoms with Crippen molar-refractivity contribution in [2.75, 3.05) is 18.4 Å². The highest BCUT2D eigenvalue weighted by atomic mass is 32.1. The average Bonchev–Trinajstić information content (AvgIpc) is 3.26. The molecule has 0 saturated carbocycles. The Hall–Kier alpha value is -3.04. The number of nitrogens with one attached hydrogen (secondary N) is 3. The third-order valence-electron chi connectivity index (χ3n) is 5.38. The first-order valence-corrected chi connectivity index (χ1v) is 12.0. The molecule has 0 aromatic heterocycles. The highest BCUT2D eigenvalue weighted by molar-refractivity contribution is 7.81. The Labute approximate surface area is 206 Å². The number of rotatable bonds is 10. The third-order valence-corrected chi connectivity index (χ3v) is 5.78. The summed E-state index contributed by atoms with van der Waals surface area (Å²) < 4.78 is 0. The fourth-order valence-electron chi connectivity index (χ4n) is 3.69. The number of nitrogens with two attached hydrogens (primary N) is 1. The number of amides is 2. The topological polar surface area (TPSA) is 134 Å². The Kier molecular flexibility index (Phi) is 10.9. The van der Waals surface area contributed by atoms with Crippen LogP contribution in [0.1, 0.15) is 43.5 Å². The van der Waals surface area contributed by atoms with Gasteiger partial charge in [-0.3, -0.25) is 9.59 Å². The summed E-state index contributed by atoms with van der Waals surface area (Å²) >= 11 is 4.49. The van der Waals surface area contributed by atoms with Gasteiger partial charge >= 0.3 is 5.97 Å². The maximum absolute atomic E-state index is 13.1. The number of carboxylic acid groups (broad SMARTS) is 1. The van der Waals surface area contributed by atoms with Crippen molar-refractivity contribution >= 4 is 36.1 Å². The number of primary amides is 1. The molecule has 9 heteroatoms. The Morgan fingerprint density at radius 2 is 1.88 bits per heavy atom. The minimum absolute atomic E-state index is 0.0761. The van der Waals surface area contributed by atoms with Gasteiger partial charge in [-0.2, -0.15) is 12.6 Å². The Balaban J connectivity index is 0.00000199. The molecule has 34 heavy (non-hydrogen) atoms. The van der Waals surface area contributed by atoms with Crippen LogP contribution < -0.4 is 21.7 Å². The van der Waals surface area contributed by atoms with Gasteiger partial charge in [-0.05, 0) is 36.1 Å². The predicted molar refractivity (Wildman–Crippen MR) is 138 cm³/mol. The van der Waals surface area contributed by atoms with Gasteiger partial charge in [0, 0.05) is 42.1 Å². The van der Waals surface area contributed by atoms with Gasteiger partial charge in [0.1, 0.15) is 6.04 Å². The van der Waals surface area contributed by atoms with E-state index in [4.69, 9.17) is 5.73 Å². The van der Waals surface area contributed by atoms with Crippen LogP contribution >= 0.6 is 12.6 Å². The molecule has 1 heterocycles. The Morgan fingerprint density at radius 3 is 2.47 bits per heavy atom. The lowest BCUT2D eigenvalue weighted by atomic mass is 9.98. The highest BCUT2D eigenvalue weighted by Gasteiger charge is 2.24. The summed E-state index contributed by atoms with van der Waals surface area (Å²) in [6, 6.07) is 13.9. The minimum Gasteiger partial charge on any atom is -0.480 e. The van der Waals surface area contributed by atoms with Crippen molar-refractivity contribution in [2.24, 2.45) is 5.73 Å². The number of anilines is 1. The van der Waals surface area contributed by atoms with E-state index in [-0.39, 0.29) is 18.9 Å². The summed E-state index contributed by atoms with van der Waals surface area (Å²) in [4.78, 5) is 35.8. The van der Waals surface area contributed by atoms with Crippen LogP contribution in [-0.4, -0.2) is 53.3 Å². The molecule has 2 aromatic carbocycles. The summed E-state index contributed by atoms with van der Waals surface area (Å²) in [6.45, 7) is 5.54. The molecule has 3 atom stereocenters. The molecule has 2 unspecified atom stereocenters. The first-order valence-electron chi connectivity index (χ1n) is 11.5. The molecule has 0 bridgehead atoms. The molecule has 1 aliphatic rings. The van der Waals surface area contributed by atoms with E-state index < -0.39 is 23.8 Å². The van der Waals surface area contributed by atoms with Crippen molar-refractivity contribution in [3.05, 3.63) is 54.1 Å². The second-order valence-electron chi connectivity index (χ2n) is 7.87. The largest absolute Gasteiger partial charge is 0.480 e. The monoisotopic (exact) mass is 486 g/mol. The molecule has 1 fully saturated rings. The zero-order chi connectivity index (χ0) is 25.1. The fourth-order valence-corrected chi connectivity index (χ4v) is 4.05. The molecule has 8 nitrogen and oxygen atoms in total. The molecular weight excluding hydrogens is 452 g/mol. The molecule has 6 N–H and O–H groups in total. The predicted octanol–water partition coefficient (Wildman–Crippen LogP) is 2.90. The van der Waals surface area contributed by atoms with Gasteiger partial charge in [0.15, 0.2) is 0 Å². The Morgan fingerprint density at radius 1 is 1.18 bits per heavy atom. The van der Waals surface area contributed by atoms with Gasteiger partial charge < -0.3 is 26.8 Å². The van der Waals surface area contributed by atoms with Crippen LogP contribution in [0.5, 0.6) is 0 Å². The fraction of sp³-hybridized carbons (Fsp3) is 0.400. The van der Waals surface area contributed by atoms with Crippen molar-refractivity contribution in [2.45, 2.75) is 50.4 Å². The van der Waals surface area contributed by atoms with Crippen LogP contribution in [0.25, 0.3) is 11.1 Å². The lowest BCUT2D eigenvalue weighted by molar-refractivity contribution is -0.139. The lowest BCUT2D eigenvalue weighted by Gasteiger charge is -2.18. The number of hydrogen-bond acceptors (Lipinski definition) is 6. The van der Waals surface area contributed by atoms with E-state index in [2.05, 4.69) is 28.6 Å². The maximum atomic E-state index is 13.1. The van der Waals surface area contributed by atoms with Crippen molar-refractivity contribution in [3.63, 3.8) is 0 Å². The number of carbonyl (C=O) groups is 3. The van der Waals surface area contributed by atoms with Crippen molar-refractivity contribution in [1.29, 1.82) is 0 Å². The Bertz CT molecular complexity index is 971. The first kappa shape index (κ1) is 27.2. The van der Waals surface area contributed by atoms with E-state index in [1.807, 2.05) is 56.3 Å². The molecule has 2 aromatic rings. The van der Waals surface area contributed by atoms with E-state index in [9.17, 15) is 19.5 Å². The zero-order valence-electron chi connectivity index (χ0n) is 19.6. The van der Waals surface area contributed by atoms with Crippen LogP contribution in [0.2, 0.25) is 0 Å². The first-order chi connectivity index (χ1) is 16.3. The number of aliphatic carboxylic acids is 1. The molecule has 0 aliphatic carbocycles. The summed E-state index contributed by atoms with van der Waals surface area (Å²) in [7, 11) is 0. The summed E-state index contributed by atoms with van der Waals surface area (Å²) in [5.41, 5.74) is 7.75. The highest BCUT2D eigenvalue weighted by Crippen LogP contribution is 2.27. The summed E-state index contributed by atoms with van der Waals surface area (Å²) in [5.74, 6) is -2.37. The van der Waals surface area contributed by atoms with E-state index >= 15 is 0 Å². The average molecular weight is 487 g/mol. The summed E-state index contributed by atoms with van der Waals surface area (Å²) in [6.07, 6.45) is 0.740. The quantitative estimate of drug-likeness (QED) is 0.286. The number of hydrogen-bond donors (Lipinski definition) is 6. The second kappa shape index (κ2) is 13.6. The normalized spacial score (nSPS) is 17.7. The van der Waals surface area contributed by atoms with Gasteiger partial charge in [0.25, 0.3) is 5.91 Å². The van der Waals surface area contributed by atoms with Crippen molar-refractivity contribution < 1.29 is 19.5 Å². The van der Waals surface area contributed by atoms with Gasteiger partial charge in [0.05, 0.1) is 0 Å². The third kappa shape index (κ3) is 8.07. The van der Waals surface area contributed by atoms with E-state index in [1.165, 1.54) is 0 Å². The lowest BCUT2D eigenvalue weighted by Crippen LogP contribution is -2.41.